The third kappa shape index (κ3) is 5.16. The van der Waals surface area contributed by atoms with Crippen LogP contribution in [0.4, 0.5) is 8.78 Å². The predicted octanol–water partition coefficient (Wildman–Crippen LogP) is 3.39. The molecule has 3 nitrogen and oxygen atoms in total. The van der Waals surface area contributed by atoms with Crippen LogP contribution in [-0.4, -0.2) is 19.2 Å². The van der Waals surface area contributed by atoms with E-state index < -0.39 is 6.61 Å². The Balaban J connectivity index is 2.66. The summed E-state index contributed by atoms with van der Waals surface area (Å²) in [6.45, 7) is -0.772. The molecule has 0 aliphatic rings. The van der Waals surface area contributed by atoms with Crippen LogP contribution in [0.1, 0.15) is 18.9 Å². The average Bonchev–Trinajstić information content (AvgIpc) is 2.29. The highest BCUT2D eigenvalue weighted by Crippen LogP contribution is 2.22. The van der Waals surface area contributed by atoms with Gasteiger partial charge in [-0.15, -0.1) is 0 Å². The topological polar surface area (TPSA) is 35.5 Å². The zero-order valence-corrected chi connectivity index (χ0v) is 11.9. The molecule has 0 unspecified atom stereocenters. The van der Waals surface area contributed by atoms with Crippen LogP contribution >= 0.6 is 22.6 Å². The average molecular weight is 370 g/mol. The Morgan fingerprint density at radius 2 is 2.17 bits per heavy atom. The van der Waals surface area contributed by atoms with Crippen molar-refractivity contribution in [1.29, 1.82) is 0 Å². The number of halogens is 3. The summed E-state index contributed by atoms with van der Waals surface area (Å²) in [5, 5.41) is 0. The Labute approximate surface area is 118 Å². The standard InChI is InChI=1S/C12H13F2IO3/c1-2-17-11(16)6-3-8-7-9(18-12(13)14)4-5-10(8)15/h4-5,7,12H,2-3,6H2,1H3. The van der Waals surface area contributed by atoms with Gasteiger partial charge in [-0.1, -0.05) is 0 Å². The van der Waals surface area contributed by atoms with Crippen molar-refractivity contribution in [2.75, 3.05) is 6.61 Å². The first-order valence-electron chi connectivity index (χ1n) is 5.41. The summed E-state index contributed by atoms with van der Waals surface area (Å²) in [6.07, 6.45) is 0.666. The lowest BCUT2D eigenvalue weighted by molar-refractivity contribution is -0.143. The lowest BCUT2D eigenvalue weighted by Gasteiger charge is -2.09. The van der Waals surface area contributed by atoms with Gasteiger partial charge in [-0.3, -0.25) is 4.79 Å². The van der Waals surface area contributed by atoms with Crippen molar-refractivity contribution in [3.63, 3.8) is 0 Å². The molecule has 0 bridgehead atoms. The van der Waals surface area contributed by atoms with Crippen molar-refractivity contribution in [1.82, 2.24) is 0 Å². The largest absolute Gasteiger partial charge is 0.466 e. The second-order valence-electron chi connectivity index (χ2n) is 3.44. The molecular formula is C12H13F2IO3. The van der Waals surface area contributed by atoms with E-state index in [-0.39, 0.29) is 18.1 Å². The van der Waals surface area contributed by atoms with Crippen molar-refractivity contribution in [3.8, 4) is 5.75 Å². The fourth-order valence-electron chi connectivity index (χ4n) is 1.39. The molecule has 0 fully saturated rings. The minimum absolute atomic E-state index is 0.101. The molecule has 0 radical (unpaired) electrons. The smallest absolute Gasteiger partial charge is 0.387 e. The highest BCUT2D eigenvalue weighted by atomic mass is 127. The van der Waals surface area contributed by atoms with E-state index in [0.717, 1.165) is 9.13 Å². The first-order valence-corrected chi connectivity index (χ1v) is 6.49. The Bertz CT molecular complexity index is 410. The minimum atomic E-state index is -2.84. The molecule has 6 heteroatoms. The van der Waals surface area contributed by atoms with Crippen molar-refractivity contribution >= 4 is 28.6 Å². The summed E-state index contributed by atoms with van der Waals surface area (Å²) in [5.74, 6) is -0.197. The maximum absolute atomic E-state index is 12.1. The van der Waals surface area contributed by atoms with E-state index in [2.05, 4.69) is 27.3 Å². The molecule has 0 aliphatic heterocycles. The first kappa shape index (κ1) is 15.1. The van der Waals surface area contributed by atoms with E-state index in [1.54, 1.807) is 13.0 Å². The van der Waals surface area contributed by atoms with E-state index in [1.807, 2.05) is 0 Å². The molecule has 0 spiro atoms. The number of benzene rings is 1. The maximum Gasteiger partial charge on any atom is 0.387 e. The van der Waals surface area contributed by atoms with Crippen molar-refractivity contribution < 1.29 is 23.0 Å². The van der Waals surface area contributed by atoms with Crippen molar-refractivity contribution in [2.24, 2.45) is 0 Å². The minimum Gasteiger partial charge on any atom is -0.466 e. The molecule has 1 rings (SSSR count). The van der Waals surface area contributed by atoms with Gasteiger partial charge in [-0.25, -0.2) is 0 Å². The molecule has 1 aromatic rings. The highest BCUT2D eigenvalue weighted by Gasteiger charge is 2.09. The molecule has 0 heterocycles. The third-order valence-electron chi connectivity index (χ3n) is 2.15. The van der Waals surface area contributed by atoms with E-state index >= 15 is 0 Å². The van der Waals surface area contributed by atoms with Crippen LogP contribution in [0.5, 0.6) is 5.75 Å². The van der Waals surface area contributed by atoms with E-state index in [9.17, 15) is 13.6 Å². The molecular weight excluding hydrogens is 357 g/mol. The van der Waals surface area contributed by atoms with Crippen LogP contribution in [0.15, 0.2) is 18.2 Å². The molecule has 18 heavy (non-hydrogen) atoms. The Kier molecular flexibility index (Phi) is 6.31. The second kappa shape index (κ2) is 7.50. The summed E-state index contributed by atoms with van der Waals surface area (Å²) in [5.41, 5.74) is 0.793. The monoisotopic (exact) mass is 370 g/mol. The number of ether oxygens (including phenoxy) is 2. The number of carbonyl (C=O) groups is 1. The SMILES string of the molecule is CCOC(=O)CCc1cc(OC(F)F)ccc1I. The number of hydrogen-bond donors (Lipinski definition) is 0. The fourth-order valence-corrected chi connectivity index (χ4v) is 1.99. The number of aryl methyl sites for hydroxylation is 1. The molecule has 0 aromatic heterocycles. The molecule has 0 saturated carbocycles. The van der Waals surface area contributed by atoms with Gasteiger partial charge >= 0.3 is 12.6 Å². The van der Waals surface area contributed by atoms with Gasteiger partial charge in [0.25, 0.3) is 0 Å². The summed E-state index contributed by atoms with van der Waals surface area (Å²) < 4.78 is 34.2. The molecule has 0 N–H and O–H groups in total. The molecule has 0 atom stereocenters. The van der Waals surface area contributed by atoms with E-state index in [1.165, 1.54) is 12.1 Å². The summed E-state index contributed by atoms with van der Waals surface area (Å²) >= 11 is 2.08. The van der Waals surface area contributed by atoms with Gasteiger partial charge in [0.1, 0.15) is 5.75 Å². The van der Waals surface area contributed by atoms with Crippen molar-refractivity contribution in [3.05, 3.63) is 27.3 Å². The van der Waals surface area contributed by atoms with Gasteiger partial charge in [-0.2, -0.15) is 8.78 Å². The highest BCUT2D eigenvalue weighted by molar-refractivity contribution is 14.1. The van der Waals surface area contributed by atoms with Crippen LogP contribution in [0, 0.1) is 3.57 Å². The lowest BCUT2D eigenvalue weighted by Crippen LogP contribution is -2.06. The van der Waals surface area contributed by atoms with Gasteiger partial charge in [0.15, 0.2) is 0 Å². The van der Waals surface area contributed by atoms with E-state index in [0.29, 0.717) is 13.0 Å². The number of hydrogen-bond acceptors (Lipinski definition) is 3. The van der Waals surface area contributed by atoms with Gasteiger partial charge in [0.05, 0.1) is 6.61 Å². The predicted molar refractivity (Wildman–Crippen MR) is 70.7 cm³/mol. The van der Waals surface area contributed by atoms with Gasteiger partial charge in [0, 0.05) is 9.99 Å². The second-order valence-corrected chi connectivity index (χ2v) is 4.60. The zero-order valence-electron chi connectivity index (χ0n) is 9.79. The molecule has 0 aliphatic carbocycles. The van der Waals surface area contributed by atoms with Crippen LogP contribution in [-0.2, 0) is 16.0 Å². The number of carbonyl (C=O) groups excluding carboxylic acids is 1. The Morgan fingerprint density at radius 3 is 2.78 bits per heavy atom. The molecule has 100 valence electrons. The third-order valence-corrected chi connectivity index (χ3v) is 3.20. The van der Waals surface area contributed by atoms with Crippen LogP contribution in [0.25, 0.3) is 0 Å². The lowest BCUT2D eigenvalue weighted by atomic mass is 10.1. The summed E-state index contributed by atoms with van der Waals surface area (Å²) in [7, 11) is 0. The number of alkyl halides is 2. The first-order chi connectivity index (χ1) is 8.52. The number of esters is 1. The van der Waals surface area contributed by atoms with Gasteiger partial charge in [-0.05, 0) is 59.7 Å². The Hall–Kier alpha value is -0.920. The maximum atomic E-state index is 12.1. The van der Waals surface area contributed by atoms with E-state index in [4.69, 9.17) is 4.74 Å². The van der Waals surface area contributed by atoms with Crippen LogP contribution in [0.2, 0.25) is 0 Å². The summed E-state index contributed by atoms with van der Waals surface area (Å²) in [4.78, 5) is 11.2. The molecule has 0 saturated heterocycles. The van der Waals surface area contributed by atoms with Crippen molar-refractivity contribution in [2.45, 2.75) is 26.4 Å². The quantitative estimate of drug-likeness (QED) is 0.569. The summed E-state index contributed by atoms with van der Waals surface area (Å²) in [6, 6.07) is 4.67. The van der Waals surface area contributed by atoms with Gasteiger partial charge in [0.2, 0.25) is 0 Å². The normalized spacial score (nSPS) is 10.5. The fraction of sp³-hybridized carbons (Fsp3) is 0.417. The van der Waals surface area contributed by atoms with Crippen LogP contribution < -0.4 is 4.74 Å². The Morgan fingerprint density at radius 1 is 1.44 bits per heavy atom. The number of rotatable bonds is 6. The van der Waals surface area contributed by atoms with Gasteiger partial charge < -0.3 is 9.47 Å². The molecule has 1 aromatic carbocycles. The zero-order chi connectivity index (χ0) is 13.5. The van der Waals surface area contributed by atoms with Crippen LogP contribution in [0.3, 0.4) is 0 Å². The molecule has 0 amide bonds.